The minimum absolute atomic E-state index is 0.247. The normalized spacial score (nSPS) is 14.3. The predicted octanol–water partition coefficient (Wildman–Crippen LogP) is 1.33. The molecule has 5 heteroatoms. The van der Waals surface area contributed by atoms with Crippen LogP contribution in [0.3, 0.4) is 0 Å². The van der Waals surface area contributed by atoms with Gasteiger partial charge in [-0.3, -0.25) is 14.6 Å². The summed E-state index contributed by atoms with van der Waals surface area (Å²) in [5.74, 6) is -0.767. The summed E-state index contributed by atoms with van der Waals surface area (Å²) in [5, 5.41) is 8.86. The van der Waals surface area contributed by atoms with Gasteiger partial charge in [0.15, 0.2) is 0 Å². The molecule has 1 aliphatic carbocycles. The number of hydrogen-bond acceptors (Lipinski definition) is 3. The first-order valence-corrected chi connectivity index (χ1v) is 5.99. The van der Waals surface area contributed by atoms with E-state index in [1.54, 1.807) is 12.3 Å². The number of pyridine rings is 1. The number of aryl methyl sites for hydroxylation is 1. The van der Waals surface area contributed by atoms with E-state index < -0.39 is 5.97 Å². The van der Waals surface area contributed by atoms with Crippen LogP contribution in [0.2, 0.25) is 0 Å². The molecule has 1 fully saturated rings. The van der Waals surface area contributed by atoms with Crippen molar-refractivity contribution in [1.82, 2.24) is 9.88 Å². The molecule has 1 aliphatic rings. The van der Waals surface area contributed by atoms with Crippen LogP contribution in [0.4, 0.5) is 0 Å². The van der Waals surface area contributed by atoms with E-state index in [-0.39, 0.29) is 12.5 Å². The second-order valence-corrected chi connectivity index (χ2v) is 4.77. The van der Waals surface area contributed by atoms with E-state index in [9.17, 15) is 9.59 Å². The number of carboxylic acids is 1. The summed E-state index contributed by atoms with van der Waals surface area (Å²) in [6.45, 7) is 2.13. The van der Waals surface area contributed by atoms with E-state index in [1.165, 1.54) is 11.1 Å². The first kappa shape index (κ1) is 12.5. The lowest BCUT2D eigenvalue weighted by Crippen LogP contribution is -2.37. The van der Waals surface area contributed by atoms with Crippen molar-refractivity contribution < 1.29 is 14.7 Å². The molecule has 2 rings (SSSR count). The molecule has 1 N–H and O–H groups in total. The Balaban J connectivity index is 2.12. The quantitative estimate of drug-likeness (QED) is 0.853. The van der Waals surface area contributed by atoms with Crippen LogP contribution in [0.15, 0.2) is 18.5 Å². The molecule has 18 heavy (non-hydrogen) atoms. The average molecular weight is 248 g/mol. The monoisotopic (exact) mass is 248 g/mol. The smallest absolute Gasteiger partial charge is 0.323 e. The molecule has 0 aliphatic heterocycles. The maximum absolute atomic E-state index is 12.2. The van der Waals surface area contributed by atoms with E-state index in [0.29, 0.717) is 18.0 Å². The zero-order chi connectivity index (χ0) is 13.1. The van der Waals surface area contributed by atoms with Gasteiger partial charge >= 0.3 is 5.97 Å². The van der Waals surface area contributed by atoms with Crippen LogP contribution in [-0.4, -0.2) is 40.0 Å². The molecular formula is C13H16N2O3. The van der Waals surface area contributed by atoms with Crippen molar-refractivity contribution in [1.29, 1.82) is 0 Å². The zero-order valence-electron chi connectivity index (χ0n) is 10.3. The molecule has 1 aromatic rings. The SMILES string of the molecule is Cc1cncc(C(=O)N(CC(=O)O)CC2CC2)c1. The maximum atomic E-state index is 12.2. The summed E-state index contributed by atoms with van der Waals surface area (Å²) in [5.41, 5.74) is 1.35. The first-order valence-electron chi connectivity index (χ1n) is 5.99. The van der Waals surface area contributed by atoms with E-state index in [0.717, 1.165) is 18.4 Å². The molecule has 5 nitrogen and oxygen atoms in total. The number of aliphatic carboxylic acids is 1. The van der Waals surface area contributed by atoms with Crippen molar-refractivity contribution in [2.24, 2.45) is 5.92 Å². The molecule has 1 aromatic heterocycles. The topological polar surface area (TPSA) is 70.5 Å². The van der Waals surface area contributed by atoms with Crippen molar-refractivity contribution in [3.05, 3.63) is 29.6 Å². The number of rotatable bonds is 5. The highest BCUT2D eigenvalue weighted by Crippen LogP contribution is 2.30. The summed E-state index contributed by atoms with van der Waals surface area (Å²) in [6.07, 6.45) is 5.31. The molecule has 0 saturated heterocycles. The number of amides is 1. The van der Waals surface area contributed by atoms with E-state index >= 15 is 0 Å². The average Bonchev–Trinajstić information content (AvgIpc) is 3.10. The highest BCUT2D eigenvalue weighted by molar-refractivity contribution is 5.95. The van der Waals surface area contributed by atoms with E-state index in [4.69, 9.17) is 5.11 Å². The Kier molecular flexibility index (Phi) is 3.60. The van der Waals surface area contributed by atoms with Gasteiger partial charge < -0.3 is 10.0 Å². The second-order valence-electron chi connectivity index (χ2n) is 4.77. The van der Waals surface area contributed by atoms with Crippen LogP contribution in [0.25, 0.3) is 0 Å². The lowest BCUT2D eigenvalue weighted by atomic mass is 10.2. The minimum Gasteiger partial charge on any atom is -0.480 e. The van der Waals surface area contributed by atoms with Crippen LogP contribution in [-0.2, 0) is 4.79 Å². The van der Waals surface area contributed by atoms with Crippen LogP contribution < -0.4 is 0 Å². The molecule has 0 radical (unpaired) electrons. The van der Waals surface area contributed by atoms with Crippen molar-refractivity contribution in [2.75, 3.05) is 13.1 Å². The number of carbonyl (C=O) groups is 2. The number of nitrogens with zero attached hydrogens (tertiary/aromatic N) is 2. The Bertz CT molecular complexity index is 469. The summed E-state index contributed by atoms with van der Waals surface area (Å²) in [7, 11) is 0. The second kappa shape index (κ2) is 5.16. The molecule has 0 unspecified atom stereocenters. The largest absolute Gasteiger partial charge is 0.480 e. The molecule has 0 bridgehead atoms. The molecule has 1 heterocycles. The fourth-order valence-electron chi connectivity index (χ4n) is 1.85. The number of carboxylic acid groups (broad SMARTS) is 1. The molecule has 1 amide bonds. The molecule has 0 spiro atoms. The van der Waals surface area contributed by atoms with Gasteiger partial charge in [-0.2, -0.15) is 0 Å². The highest BCUT2D eigenvalue weighted by atomic mass is 16.4. The van der Waals surface area contributed by atoms with E-state index in [2.05, 4.69) is 4.98 Å². The lowest BCUT2D eigenvalue weighted by Gasteiger charge is -2.20. The highest BCUT2D eigenvalue weighted by Gasteiger charge is 2.28. The number of carbonyl (C=O) groups excluding carboxylic acids is 1. The van der Waals surface area contributed by atoms with Gasteiger partial charge in [0.2, 0.25) is 0 Å². The van der Waals surface area contributed by atoms with Gasteiger partial charge in [0.25, 0.3) is 5.91 Å². The van der Waals surface area contributed by atoms with Gasteiger partial charge in [-0.25, -0.2) is 0 Å². The molecule has 0 aromatic carbocycles. The Morgan fingerprint density at radius 2 is 2.17 bits per heavy atom. The first-order chi connectivity index (χ1) is 8.56. The Morgan fingerprint density at radius 3 is 2.72 bits per heavy atom. The molecule has 0 atom stereocenters. The molecular weight excluding hydrogens is 232 g/mol. The van der Waals surface area contributed by atoms with Gasteiger partial charge in [0.05, 0.1) is 5.56 Å². The summed E-state index contributed by atoms with van der Waals surface area (Å²) < 4.78 is 0. The van der Waals surface area contributed by atoms with Crippen molar-refractivity contribution in [2.45, 2.75) is 19.8 Å². The Labute approximate surface area is 105 Å². The van der Waals surface area contributed by atoms with Gasteiger partial charge in [0, 0.05) is 18.9 Å². The van der Waals surface area contributed by atoms with Crippen LogP contribution in [0, 0.1) is 12.8 Å². The van der Waals surface area contributed by atoms with Crippen LogP contribution in [0.1, 0.15) is 28.8 Å². The summed E-state index contributed by atoms with van der Waals surface area (Å²) >= 11 is 0. The summed E-state index contributed by atoms with van der Waals surface area (Å²) in [6, 6.07) is 1.73. The minimum atomic E-state index is -0.982. The van der Waals surface area contributed by atoms with Gasteiger partial charge in [-0.1, -0.05) is 0 Å². The Morgan fingerprint density at radius 1 is 1.44 bits per heavy atom. The third-order valence-corrected chi connectivity index (χ3v) is 2.91. The number of hydrogen-bond donors (Lipinski definition) is 1. The lowest BCUT2D eigenvalue weighted by molar-refractivity contribution is -0.137. The fraction of sp³-hybridized carbons (Fsp3) is 0.462. The van der Waals surface area contributed by atoms with Crippen molar-refractivity contribution in [3.8, 4) is 0 Å². The van der Waals surface area contributed by atoms with Gasteiger partial charge in [-0.15, -0.1) is 0 Å². The van der Waals surface area contributed by atoms with Gasteiger partial charge in [-0.05, 0) is 37.3 Å². The summed E-state index contributed by atoms with van der Waals surface area (Å²) in [4.78, 5) is 28.4. The Hall–Kier alpha value is -1.91. The third-order valence-electron chi connectivity index (χ3n) is 2.91. The fourth-order valence-corrected chi connectivity index (χ4v) is 1.85. The van der Waals surface area contributed by atoms with Gasteiger partial charge in [0.1, 0.15) is 6.54 Å². The predicted molar refractivity (Wildman–Crippen MR) is 65.2 cm³/mol. The van der Waals surface area contributed by atoms with Crippen molar-refractivity contribution >= 4 is 11.9 Å². The maximum Gasteiger partial charge on any atom is 0.323 e. The zero-order valence-corrected chi connectivity index (χ0v) is 10.3. The van der Waals surface area contributed by atoms with Crippen LogP contribution in [0.5, 0.6) is 0 Å². The van der Waals surface area contributed by atoms with Crippen LogP contribution >= 0.6 is 0 Å². The third kappa shape index (κ3) is 3.29. The van der Waals surface area contributed by atoms with Crippen molar-refractivity contribution in [3.63, 3.8) is 0 Å². The number of aromatic nitrogens is 1. The molecule has 1 saturated carbocycles. The molecule has 96 valence electrons. The standard InChI is InChI=1S/C13H16N2O3/c1-9-4-11(6-14-5-9)13(18)15(8-12(16)17)7-10-2-3-10/h4-6,10H,2-3,7-8H2,1H3,(H,16,17). The van der Waals surface area contributed by atoms with E-state index in [1.807, 2.05) is 6.92 Å².